The fraction of sp³-hybridized carbons (Fsp3) is 0.679. The van der Waals surface area contributed by atoms with Gasteiger partial charge in [-0.25, -0.2) is 0 Å². The number of nitrogens with one attached hydrogen (secondary N) is 1. The quantitative estimate of drug-likeness (QED) is 0.535. The van der Waals surface area contributed by atoms with Crippen molar-refractivity contribution < 1.29 is 19.5 Å². The van der Waals surface area contributed by atoms with Crippen molar-refractivity contribution in [2.24, 2.45) is 17.3 Å². The molecule has 0 aliphatic carbocycles. The summed E-state index contributed by atoms with van der Waals surface area (Å²) in [6, 6.07) is 6.56. The van der Waals surface area contributed by atoms with Crippen LogP contribution in [-0.4, -0.2) is 90.4 Å². The number of hydrogen-bond donors (Lipinski definition) is 2. The Bertz CT molecular complexity index is 981. The lowest BCUT2D eigenvalue weighted by atomic mass is 9.66. The van der Waals surface area contributed by atoms with Crippen LogP contribution in [0.1, 0.15) is 52.5 Å². The van der Waals surface area contributed by atoms with E-state index < -0.39 is 17.1 Å². The van der Waals surface area contributed by atoms with Gasteiger partial charge in [0, 0.05) is 49.6 Å². The lowest BCUT2D eigenvalue weighted by Crippen LogP contribution is -2.60. The fourth-order valence-electron chi connectivity index (χ4n) is 5.43. The molecule has 206 valence electrons. The van der Waals surface area contributed by atoms with Crippen LogP contribution in [0.5, 0.6) is 0 Å². The summed E-state index contributed by atoms with van der Waals surface area (Å²) in [7, 11) is 3.86. The number of carbonyl (C=O) groups excluding carboxylic acids is 3. The molecule has 0 unspecified atom stereocenters. The number of amides is 3. The Morgan fingerprint density at radius 2 is 1.78 bits per heavy atom. The van der Waals surface area contributed by atoms with Crippen molar-refractivity contribution in [3.8, 4) is 0 Å². The topological polar surface area (TPSA) is 93.2 Å². The van der Waals surface area contributed by atoms with Crippen molar-refractivity contribution in [3.05, 3.63) is 34.9 Å². The lowest BCUT2D eigenvalue weighted by Gasteiger charge is -2.51. The summed E-state index contributed by atoms with van der Waals surface area (Å²) in [5.74, 6) is -0.666. The number of benzene rings is 1. The Hall–Kier alpha value is -2.16. The third kappa shape index (κ3) is 6.65. The summed E-state index contributed by atoms with van der Waals surface area (Å²) in [6.07, 6.45) is 1.42. The Labute approximate surface area is 226 Å². The van der Waals surface area contributed by atoms with Gasteiger partial charge in [0.2, 0.25) is 17.7 Å². The smallest absolute Gasteiger partial charge is 0.245 e. The molecule has 0 aromatic heterocycles. The van der Waals surface area contributed by atoms with E-state index in [0.29, 0.717) is 57.0 Å². The highest BCUT2D eigenvalue weighted by Gasteiger charge is 2.50. The zero-order valence-corrected chi connectivity index (χ0v) is 23.8. The number of carbonyl (C=O) groups is 3. The zero-order valence-electron chi connectivity index (χ0n) is 23.1. The second kappa shape index (κ2) is 11.7. The maximum Gasteiger partial charge on any atom is 0.245 e. The van der Waals surface area contributed by atoms with Gasteiger partial charge in [0.25, 0.3) is 0 Å². The average molecular weight is 535 g/mol. The number of likely N-dealkylation sites (tertiary alicyclic amines) is 2. The summed E-state index contributed by atoms with van der Waals surface area (Å²) in [4.78, 5) is 44.7. The van der Waals surface area contributed by atoms with Gasteiger partial charge in [0.05, 0.1) is 11.5 Å². The van der Waals surface area contributed by atoms with Gasteiger partial charge in [-0.2, -0.15) is 0 Å². The number of aliphatic hydroxyl groups is 1. The largest absolute Gasteiger partial charge is 0.384 e. The second-order valence-electron chi connectivity index (χ2n) is 11.9. The Morgan fingerprint density at radius 3 is 2.35 bits per heavy atom. The molecule has 1 aromatic carbocycles. The molecule has 0 bridgehead atoms. The van der Waals surface area contributed by atoms with Crippen LogP contribution in [-0.2, 0) is 20.0 Å². The normalized spacial score (nSPS) is 24.4. The first kappa shape index (κ1) is 29.4. The molecule has 3 rings (SSSR count). The van der Waals surface area contributed by atoms with E-state index in [1.807, 2.05) is 58.8 Å². The van der Waals surface area contributed by atoms with Crippen molar-refractivity contribution in [1.82, 2.24) is 20.0 Å². The summed E-state index contributed by atoms with van der Waals surface area (Å²) >= 11 is 6.04. The van der Waals surface area contributed by atoms with E-state index in [0.717, 1.165) is 5.56 Å². The van der Waals surface area contributed by atoms with Crippen LogP contribution in [0.4, 0.5) is 0 Å². The molecule has 2 heterocycles. The summed E-state index contributed by atoms with van der Waals surface area (Å²) in [5.41, 5.74) is -0.926. The highest BCUT2D eigenvalue weighted by atomic mass is 35.5. The van der Waals surface area contributed by atoms with Crippen LogP contribution >= 0.6 is 11.6 Å². The number of hydrogen-bond acceptors (Lipinski definition) is 5. The van der Waals surface area contributed by atoms with E-state index in [-0.39, 0.29) is 29.6 Å². The third-order valence-corrected chi connectivity index (χ3v) is 8.25. The van der Waals surface area contributed by atoms with Gasteiger partial charge in [-0.3, -0.25) is 14.4 Å². The van der Waals surface area contributed by atoms with Crippen LogP contribution in [0.15, 0.2) is 24.3 Å². The van der Waals surface area contributed by atoms with E-state index in [1.165, 1.54) is 0 Å². The van der Waals surface area contributed by atoms with Gasteiger partial charge >= 0.3 is 0 Å². The van der Waals surface area contributed by atoms with Gasteiger partial charge in [0.1, 0.15) is 6.04 Å². The molecule has 9 heteroatoms. The van der Waals surface area contributed by atoms with Gasteiger partial charge in [0.15, 0.2) is 0 Å². The van der Waals surface area contributed by atoms with Crippen molar-refractivity contribution in [2.45, 2.75) is 58.6 Å². The summed E-state index contributed by atoms with van der Waals surface area (Å²) in [5, 5.41) is 15.3. The first-order valence-electron chi connectivity index (χ1n) is 13.3. The highest BCUT2D eigenvalue weighted by molar-refractivity contribution is 6.30. The Morgan fingerprint density at radius 1 is 1.14 bits per heavy atom. The lowest BCUT2D eigenvalue weighted by molar-refractivity contribution is -0.157. The second-order valence-corrected chi connectivity index (χ2v) is 12.3. The molecule has 0 saturated carbocycles. The molecule has 1 aromatic rings. The molecule has 2 aliphatic rings. The SMILES string of the molecule is CC(C)[C@@H](NC(=O)[C@@H]1CCN(C(=O)CCN(C)C)C1)C(=O)N1CC[C@](O)(c2ccc(Cl)cc2)C(C)(C)C1. The minimum absolute atomic E-state index is 0.0595. The molecule has 2 fully saturated rings. The Balaban J connectivity index is 1.64. The number of rotatable bonds is 8. The van der Waals surface area contributed by atoms with Crippen molar-refractivity contribution in [1.29, 1.82) is 0 Å². The molecule has 2 N–H and O–H groups in total. The van der Waals surface area contributed by atoms with Crippen LogP contribution in [0.3, 0.4) is 0 Å². The van der Waals surface area contributed by atoms with Gasteiger partial charge in [-0.15, -0.1) is 0 Å². The number of nitrogens with zero attached hydrogens (tertiary/aromatic N) is 3. The van der Waals surface area contributed by atoms with Gasteiger partial charge in [-0.1, -0.05) is 51.4 Å². The standard InChI is InChI=1S/C28H43ClN4O4/c1-19(2)24(30-25(35)20-11-15-32(17-20)23(34)12-14-31(5)6)26(36)33-16-13-28(37,27(3,4)18-33)21-7-9-22(29)10-8-21/h7-10,19-20,24,37H,11-18H2,1-6H3,(H,30,35)/t20-,24-,28+/m1/s1. The predicted octanol–water partition coefficient (Wildman–Crippen LogP) is 2.73. The minimum Gasteiger partial charge on any atom is -0.384 e. The van der Waals surface area contributed by atoms with E-state index >= 15 is 0 Å². The predicted molar refractivity (Wildman–Crippen MR) is 145 cm³/mol. The molecule has 8 nitrogen and oxygen atoms in total. The molecule has 37 heavy (non-hydrogen) atoms. The minimum atomic E-state index is -1.10. The molecule has 2 saturated heterocycles. The van der Waals surface area contributed by atoms with E-state index in [9.17, 15) is 19.5 Å². The van der Waals surface area contributed by atoms with E-state index in [2.05, 4.69) is 5.32 Å². The van der Waals surface area contributed by atoms with Crippen molar-refractivity contribution in [3.63, 3.8) is 0 Å². The molecular weight excluding hydrogens is 492 g/mol. The third-order valence-electron chi connectivity index (χ3n) is 8.00. The van der Waals surface area contributed by atoms with Crippen LogP contribution in [0.25, 0.3) is 0 Å². The number of halogens is 1. The van der Waals surface area contributed by atoms with Gasteiger partial charge < -0.3 is 25.1 Å². The molecule has 3 amide bonds. The molecule has 2 aliphatic heterocycles. The zero-order chi connectivity index (χ0) is 27.5. The van der Waals surface area contributed by atoms with Crippen LogP contribution < -0.4 is 5.32 Å². The molecule has 0 spiro atoms. The van der Waals surface area contributed by atoms with Gasteiger partial charge in [-0.05, 0) is 50.6 Å². The maximum absolute atomic E-state index is 13.6. The van der Waals surface area contributed by atoms with Crippen molar-refractivity contribution >= 4 is 29.3 Å². The molecule has 0 radical (unpaired) electrons. The summed E-state index contributed by atoms with van der Waals surface area (Å²) < 4.78 is 0. The highest BCUT2D eigenvalue weighted by Crippen LogP contribution is 2.46. The molecular formula is C28H43ClN4O4. The van der Waals surface area contributed by atoms with E-state index in [1.54, 1.807) is 21.9 Å². The average Bonchev–Trinajstić information content (AvgIpc) is 3.33. The molecule has 3 atom stereocenters. The number of piperidine rings is 1. The first-order valence-corrected chi connectivity index (χ1v) is 13.6. The fourth-order valence-corrected chi connectivity index (χ4v) is 5.56. The summed E-state index contributed by atoms with van der Waals surface area (Å²) in [6.45, 7) is 10.2. The monoisotopic (exact) mass is 534 g/mol. The van der Waals surface area contributed by atoms with Crippen LogP contribution in [0, 0.1) is 17.3 Å². The van der Waals surface area contributed by atoms with Crippen molar-refractivity contribution in [2.75, 3.05) is 46.8 Å². The first-order chi connectivity index (χ1) is 17.2. The Kier molecular flexibility index (Phi) is 9.30. The maximum atomic E-state index is 13.6. The van der Waals surface area contributed by atoms with E-state index in [4.69, 9.17) is 11.6 Å². The van der Waals surface area contributed by atoms with Crippen LogP contribution in [0.2, 0.25) is 5.02 Å².